The number of fused-ring (bicyclic) bond motifs is 1. The van der Waals surface area contributed by atoms with Gasteiger partial charge in [0, 0.05) is 16.8 Å². The first kappa shape index (κ1) is 9.43. The van der Waals surface area contributed by atoms with Crippen molar-refractivity contribution in [3.8, 4) is 0 Å². The number of hydrogen-bond acceptors (Lipinski definition) is 2. The lowest BCUT2D eigenvalue weighted by Gasteiger charge is -2.27. The third-order valence-corrected chi connectivity index (χ3v) is 2.81. The summed E-state index contributed by atoms with van der Waals surface area (Å²) >= 11 is 0. The molecular formula is C14H13NO. The van der Waals surface area contributed by atoms with Crippen LogP contribution in [0, 0.1) is 0 Å². The maximum Gasteiger partial charge on any atom is 0.154 e. The van der Waals surface area contributed by atoms with Crippen molar-refractivity contribution < 1.29 is 4.74 Å². The summed E-state index contributed by atoms with van der Waals surface area (Å²) in [6.45, 7) is 0.669. The molecule has 1 aliphatic rings. The van der Waals surface area contributed by atoms with Crippen LogP contribution in [0.4, 0.5) is 5.69 Å². The molecule has 0 saturated heterocycles. The highest BCUT2D eigenvalue weighted by Crippen LogP contribution is 2.29. The zero-order valence-corrected chi connectivity index (χ0v) is 8.89. The minimum atomic E-state index is -0.0314. The van der Waals surface area contributed by atoms with Crippen LogP contribution in [0.15, 0.2) is 54.6 Å². The van der Waals surface area contributed by atoms with Gasteiger partial charge < -0.3 is 10.1 Å². The summed E-state index contributed by atoms with van der Waals surface area (Å²) in [4.78, 5) is 0. The number of rotatable bonds is 1. The van der Waals surface area contributed by atoms with E-state index in [0.717, 1.165) is 5.56 Å². The fraction of sp³-hybridized carbons (Fsp3) is 0.143. The first-order chi connectivity index (χ1) is 7.93. The second-order valence-electron chi connectivity index (χ2n) is 3.90. The quantitative estimate of drug-likeness (QED) is 0.781. The second-order valence-corrected chi connectivity index (χ2v) is 3.90. The Morgan fingerprint density at radius 3 is 2.56 bits per heavy atom. The van der Waals surface area contributed by atoms with Crippen molar-refractivity contribution >= 4 is 5.69 Å². The predicted molar refractivity (Wildman–Crippen MR) is 64.0 cm³/mol. The van der Waals surface area contributed by atoms with Gasteiger partial charge in [0.25, 0.3) is 0 Å². The first-order valence-corrected chi connectivity index (χ1v) is 5.44. The maximum absolute atomic E-state index is 5.78. The number of benzene rings is 2. The molecule has 1 heterocycles. The van der Waals surface area contributed by atoms with E-state index in [1.807, 2.05) is 30.3 Å². The Bertz CT molecular complexity index is 481. The van der Waals surface area contributed by atoms with Crippen LogP contribution in [0.1, 0.15) is 17.4 Å². The predicted octanol–water partition coefficient (Wildman–Crippen LogP) is 3.33. The van der Waals surface area contributed by atoms with Crippen molar-refractivity contribution in [1.82, 2.24) is 0 Å². The van der Waals surface area contributed by atoms with Crippen LogP contribution in [0.3, 0.4) is 0 Å². The van der Waals surface area contributed by atoms with Crippen LogP contribution in [-0.2, 0) is 11.3 Å². The van der Waals surface area contributed by atoms with E-state index >= 15 is 0 Å². The monoisotopic (exact) mass is 211 g/mol. The maximum atomic E-state index is 5.78. The molecule has 1 aliphatic heterocycles. The van der Waals surface area contributed by atoms with Gasteiger partial charge in [-0.15, -0.1) is 0 Å². The minimum Gasteiger partial charge on any atom is -0.356 e. The van der Waals surface area contributed by atoms with Crippen molar-refractivity contribution in [2.75, 3.05) is 5.32 Å². The topological polar surface area (TPSA) is 21.3 Å². The van der Waals surface area contributed by atoms with Gasteiger partial charge in [-0.3, -0.25) is 0 Å². The fourth-order valence-corrected chi connectivity index (χ4v) is 1.95. The molecule has 0 aromatic heterocycles. The SMILES string of the molecule is c1ccc([C@@H]2Nc3ccccc3CO2)cc1. The van der Waals surface area contributed by atoms with E-state index in [2.05, 4.69) is 29.6 Å². The molecule has 2 aromatic carbocycles. The molecule has 2 aromatic rings. The van der Waals surface area contributed by atoms with Crippen LogP contribution in [0.5, 0.6) is 0 Å². The largest absolute Gasteiger partial charge is 0.356 e. The van der Waals surface area contributed by atoms with Crippen LogP contribution < -0.4 is 5.32 Å². The van der Waals surface area contributed by atoms with Gasteiger partial charge in [-0.25, -0.2) is 0 Å². The summed E-state index contributed by atoms with van der Waals surface area (Å²) in [7, 11) is 0. The molecule has 0 amide bonds. The summed E-state index contributed by atoms with van der Waals surface area (Å²) in [6, 6.07) is 18.5. The number of hydrogen-bond donors (Lipinski definition) is 1. The summed E-state index contributed by atoms with van der Waals surface area (Å²) < 4.78 is 5.78. The van der Waals surface area contributed by atoms with E-state index in [1.165, 1.54) is 11.3 Å². The number of para-hydroxylation sites is 1. The van der Waals surface area contributed by atoms with E-state index in [1.54, 1.807) is 0 Å². The average Bonchev–Trinajstić information content (AvgIpc) is 2.39. The van der Waals surface area contributed by atoms with E-state index < -0.39 is 0 Å². The Hall–Kier alpha value is -1.80. The number of anilines is 1. The molecule has 16 heavy (non-hydrogen) atoms. The summed E-state index contributed by atoms with van der Waals surface area (Å²) in [6.07, 6.45) is -0.0314. The Kier molecular flexibility index (Phi) is 2.35. The smallest absolute Gasteiger partial charge is 0.154 e. The average molecular weight is 211 g/mol. The zero-order valence-electron chi connectivity index (χ0n) is 8.89. The first-order valence-electron chi connectivity index (χ1n) is 5.44. The van der Waals surface area contributed by atoms with Crippen LogP contribution in [-0.4, -0.2) is 0 Å². The molecule has 0 radical (unpaired) electrons. The summed E-state index contributed by atoms with van der Waals surface area (Å²) in [5.74, 6) is 0. The van der Waals surface area contributed by atoms with Crippen molar-refractivity contribution in [1.29, 1.82) is 0 Å². The molecule has 0 saturated carbocycles. The number of nitrogens with one attached hydrogen (secondary N) is 1. The van der Waals surface area contributed by atoms with Gasteiger partial charge in [-0.05, 0) is 6.07 Å². The Balaban J connectivity index is 1.89. The van der Waals surface area contributed by atoms with Crippen molar-refractivity contribution in [3.05, 3.63) is 65.7 Å². The highest BCUT2D eigenvalue weighted by atomic mass is 16.5. The highest BCUT2D eigenvalue weighted by molar-refractivity contribution is 5.53. The second kappa shape index (κ2) is 3.99. The lowest BCUT2D eigenvalue weighted by atomic mass is 10.1. The molecule has 0 bridgehead atoms. The summed E-state index contributed by atoms with van der Waals surface area (Å²) in [5, 5.41) is 3.39. The van der Waals surface area contributed by atoms with Crippen LogP contribution >= 0.6 is 0 Å². The van der Waals surface area contributed by atoms with Crippen molar-refractivity contribution in [3.63, 3.8) is 0 Å². The third kappa shape index (κ3) is 1.68. The minimum absolute atomic E-state index is 0.0314. The van der Waals surface area contributed by atoms with Gasteiger partial charge in [0.2, 0.25) is 0 Å². The fourth-order valence-electron chi connectivity index (χ4n) is 1.95. The van der Waals surface area contributed by atoms with Gasteiger partial charge in [-0.1, -0.05) is 48.5 Å². The van der Waals surface area contributed by atoms with Crippen LogP contribution in [0.2, 0.25) is 0 Å². The molecule has 0 aliphatic carbocycles. The van der Waals surface area contributed by atoms with Gasteiger partial charge in [0.1, 0.15) is 0 Å². The Morgan fingerprint density at radius 2 is 1.69 bits per heavy atom. The third-order valence-electron chi connectivity index (χ3n) is 2.81. The Morgan fingerprint density at radius 1 is 0.938 bits per heavy atom. The molecule has 3 rings (SSSR count). The molecule has 0 spiro atoms. The van der Waals surface area contributed by atoms with Gasteiger partial charge in [-0.2, -0.15) is 0 Å². The van der Waals surface area contributed by atoms with E-state index in [4.69, 9.17) is 4.74 Å². The molecule has 80 valence electrons. The van der Waals surface area contributed by atoms with Crippen molar-refractivity contribution in [2.45, 2.75) is 12.8 Å². The van der Waals surface area contributed by atoms with E-state index in [-0.39, 0.29) is 6.23 Å². The normalized spacial score (nSPS) is 18.6. The van der Waals surface area contributed by atoms with Gasteiger partial charge >= 0.3 is 0 Å². The molecule has 0 unspecified atom stereocenters. The zero-order chi connectivity index (χ0) is 10.8. The van der Waals surface area contributed by atoms with Crippen molar-refractivity contribution in [2.24, 2.45) is 0 Å². The standard InChI is InChI=1S/C14H13NO/c1-2-6-11(7-3-1)14-15-13-9-5-4-8-12(13)10-16-14/h1-9,14-15H,10H2/t14-/m1/s1. The number of ether oxygens (including phenoxy) is 1. The lowest BCUT2D eigenvalue weighted by molar-refractivity contribution is 0.0507. The Labute approximate surface area is 94.9 Å². The molecule has 1 N–H and O–H groups in total. The van der Waals surface area contributed by atoms with Gasteiger partial charge in [0.05, 0.1) is 6.61 Å². The van der Waals surface area contributed by atoms with E-state index in [0.29, 0.717) is 6.61 Å². The highest BCUT2D eigenvalue weighted by Gasteiger charge is 2.18. The molecule has 2 heteroatoms. The summed E-state index contributed by atoms with van der Waals surface area (Å²) in [5.41, 5.74) is 3.55. The van der Waals surface area contributed by atoms with E-state index in [9.17, 15) is 0 Å². The molecule has 0 fully saturated rings. The van der Waals surface area contributed by atoms with Crippen LogP contribution in [0.25, 0.3) is 0 Å². The lowest BCUT2D eigenvalue weighted by Crippen LogP contribution is -2.20. The molecule has 2 nitrogen and oxygen atoms in total. The molecule has 1 atom stereocenters. The van der Waals surface area contributed by atoms with Gasteiger partial charge in [0.15, 0.2) is 6.23 Å². The molecular weight excluding hydrogens is 198 g/mol.